The van der Waals surface area contributed by atoms with Crippen LogP contribution in [0.2, 0.25) is 0 Å². The molecule has 0 atom stereocenters. The van der Waals surface area contributed by atoms with Crippen LogP contribution in [0.5, 0.6) is 0 Å². The summed E-state index contributed by atoms with van der Waals surface area (Å²) in [5.74, 6) is 0.790. The maximum Gasteiger partial charge on any atom is 0.166 e. The quantitative estimate of drug-likeness (QED) is 0.775. The Balaban J connectivity index is 2.50. The molecule has 0 aliphatic carbocycles. The molecule has 0 N–H and O–H groups in total. The summed E-state index contributed by atoms with van der Waals surface area (Å²) in [6, 6.07) is 6.73. The zero-order valence-corrected chi connectivity index (χ0v) is 11.2. The molecule has 0 radical (unpaired) electrons. The number of Topliss-reactive ketones (excluding diaryl/α,β-unsaturated/α-hetero) is 1. The summed E-state index contributed by atoms with van der Waals surface area (Å²) in [7, 11) is 0. The van der Waals surface area contributed by atoms with E-state index in [2.05, 4.69) is 44.7 Å². The summed E-state index contributed by atoms with van der Waals surface area (Å²) in [6.45, 7) is 9.59. The van der Waals surface area contributed by atoms with E-state index >= 15 is 0 Å². The topological polar surface area (TPSA) is 20.3 Å². The summed E-state index contributed by atoms with van der Waals surface area (Å²) in [6.07, 6.45) is 0.645. The van der Waals surface area contributed by atoms with Gasteiger partial charge in [0.25, 0.3) is 0 Å². The predicted octanol–water partition coefficient (Wildman–Crippen LogP) is 3.61. The van der Waals surface area contributed by atoms with Crippen molar-refractivity contribution in [3.05, 3.63) is 29.3 Å². The summed E-state index contributed by atoms with van der Waals surface area (Å²) < 4.78 is 0. The Morgan fingerprint density at radius 3 is 2.47 bits per heavy atom. The van der Waals surface area contributed by atoms with Gasteiger partial charge in [-0.1, -0.05) is 19.9 Å². The molecular formula is C15H21NO. The Kier molecular flexibility index (Phi) is 3.23. The number of hydrogen-bond acceptors (Lipinski definition) is 2. The molecule has 2 heteroatoms. The van der Waals surface area contributed by atoms with E-state index in [1.165, 1.54) is 5.56 Å². The van der Waals surface area contributed by atoms with Crippen LogP contribution in [-0.2, 0) is 0 Å². The zero-order chi connectivity index (χ0) is 12.6. The van der Waals surface area contributed by atoms with Gasteiger partial charge in [0.2, 0.25) is 0 Å². The molecule has 1 aromatic rings. The van der Waals surface area contributed by atoms with Gasteiger partial charge in [0, 0.05) is 30.3 Å². The third-order valence-electron chi connectivity index (χ3n) is 3.50. The lowest BCUT2D eigenvalue weighted by Crippen LogP contribution is -2.37. The first-order valence-corrected chi connectivity index (χ1v) is 6.44. The van der Waals surface area contributed by atoms with Gasteiger partial charge in [-0.05, 0) is 37.5 Å². The molecule has 0 amide bonds. The van der Waals surface area contributed by atoms with E-state index in [1.54, 1.807) is 0 Å². The number of rotatable bonds is 2. The summed E-state index contributed by atoms with van der Waals surface area (Å²) in [5.41, 5.74) is 3.33. The fourth-order valence-corrected chi connectivity index (χ4v) is 2.39. The molecule has 0 fully saturated rings. The Hall–Kier alpha value is -1.31. The number of anilines is 1. The lowest BCUT2D eigenvalue weighted by Gasteiger charge is -2.34. The average Bonchev–Trinajstić information content (AvgIpc) is 2.28. The van der Waals surface area contributed by atoms with Crippen molar-refractivity contribution in [1.29, 1.82) is 0 Å². The molecule has 0 saturated carbocycles. The molecule has 17 heavy (non-hydrogen) atoms. The van der Waals surface area contributed by atoms with Crippen LogP contribution < -0.4 is 4.90 Å². The SMILES string of the molecule is CC(C)c1ccc2c(c1)N(C(C)C)CCC2=O. The molecule has 2 nitrogen and oxygen atoms in total. The van der Waals surface area contributed by atoms with E-state index in [-0.39, 0.29) is 5.78 Å². The first kappa shape index (κ1) is 12.2. The average molecular weight is 231 g/mol. The maximum atomic E-state index is 11.9. The summed E-state index contributed by atoms with van der Waals surface area (Å²) in [4.78, 5) is 14.2. The maximum absolute atomic E-state index is 11.9. The molecule has 1 aliphatic heterocycles. The van der Waals surface area contributed by atoms with Crippen molar-refractivity contribution in [2.75, 3.05) is 11.4 Å². The number of hydrogen-bond donors (Lipinski definition) is 0. The van der Waals surface area contributed by atoms with Crippen molar-refractivity contribution < 1.29 is 4.79 Å². The Morgan fingerprint density at radius 1 is 1.18 bits per heavy atom. The molecule has 0 bridgehead atoms. The number of ketones is 1. The van der Waals surface area contributed by atoms with Crippen molar-refractivity contribution in [3.63, 3.8) is 0 Å². The number of carbonyl (C=O) groups is 1. The molecule has 2 rings (SSSR count). The highest BCUT2D eigenvalue weighted by atomic mass is 16.1. The highest BCUT2D eigenvalue weighted by molar-refractivity contribution is 6.03. The van der Waals surface area contributed by atoms with Crippen LogP contribution in [0.25, 0.3) is 0 Å². The van der Waals surface area contributed by atoms with Crippen molar-refractivity contribution >= 4 is 11.5 Å². The smallest absolute Gasteiger partial charge is 0.166 e. The zero-order valence-electron chi connectivity index (χ0n) is 11.2. The van der Waals surface area contributed by atoms with Crippen LogP contribution in [0.1, 0.15) is 56.0 Å². The lowest BCUT2D eigenvalue weighted by molar-refractivity contribution is 0.0979. The van der Waals surface area contributed by atoms with Gasteiger partial charge in [0.05, 0.1) is 0 Å². The Morgan fingerprint density at radius 2 is 1.88 bits per heavy atom. The molecule has 0 aromatic heterocycles. The largest absolute Gasteiger partial charge is 0.368 e. The minimum atomic E-state index is 0.284. The van der Waals surface area contributed by atoms with Gasteiger partial charge in [-0.2, -0.15) is 0 Å². The van der Waals surface area contributed by atoms with Crippen LogP contribution in [0.3, 0.4) is 0 Å². The predicted molar refractivity (Wildman–Crippen MR) is 72.0 cm³/mol. The van der Waals surface area contributed by atoms with Crippen LogP contribution in [0.4, 0.5) is 5.69 Å². The lowest BCUT2D eigenvalue weighted by atomic mass is 9.94. The van der Waals surface area contributed by atoms with Crippen LogP contribution >= 0.6 is 0 Å². The van der Waals surface area contributed by atoms with Gasteiger partial charge in [0.15, 0.2) is 5.78 Å². The minimum absolute atomic E-state index is 0.284. The van der Waals surface area contributed by atoms with Crippen molar-refractivity contribution in [2.24, 2.45) is 0 Å². The fraction of sp³-hybridized carbons (Fsp3) is 0.533. The van der Waals surface area contributed by atoms with Crippen LogP contribution in [-0.4, -0.2) is 18.4 Å². The number of benzene rings is 1. The van der Waals surface area contributed by atoms with Crippen molar-refractivity contribution in [1.82, 2.24) is 0 Å². The van der Waals surface area contributed by atoms with Crippen LogP contribution in [0.15, 0.2) is 18.2 Å². The normalized spacial score (nSPS) is 15.6. The first-order valence-electron chi connectivity index (χ1n) is 6.44. The summed E-state index contributed by atoms with van der Waals surface area (Å²) >= 11 is 0. The highest BCUT2D eigenvalue weighted by Crippen LogP contribution is 2.31. The molecule has 92 valence electrons. The standard InChI is InChI=1S/C15H21NO/c1-10(2)12-5-6-13-14(9-12)16(11(3)4)8-7-15(13)17/h5-6,9-11H,7-8H2,1-4H3. The molecule has 0 saturated heterocycles. The molecule has 1 aromatic carbocycles. The van der Waals surface area contributed by atoms with Gasteiger partial charge in [0.1, 0.15) is 0 Å². The fourth-order valence-electron chi connectivity index (χ4n) is 2.39. The van der Waals surface area contributed by atoms with E-state index in [1.807, 2.05) is 6.07 Å². The van der Waals surface area contributed by atoms with Crippen LogP contribution in [0, 0.1) is 0 Å². The van der Waals surface area contributed by atoms with Gasteiger partial charge >= 0.3 is 0 Å². The molecule has 1 heterocycles. The van der Waals surface area contributed by atoms with Gasteiger partial charge < -0.3 is 4.90 Å². The number of fused-ring (bicyclic) bond motifs is 1. The van der Waals surface area contributed by atoms with E-state index in [0.717, 1.165) is 17.8 Å². The van der Waals surface area contributed by atoms with E-state index in [0.29, 0.717) is 18.4 Å². The van der Waals surface area contributed by atoms with Gasteiger partial charge in [-0.15, -0.1) is 0 Å². The van der Waals surface area contributed by atoms with Crippen molar-refractivity contribution in [2.45, 2.75) is 46.1 Å². The van der Waals surface area contributed by atoms with Gasteiger partial charge in [-0.3, -0.25) is 4.79 Å². The van der Waals surface area contributed by atoms with Crippen molar-refractivity contribution in [3.8, 4) is 0 Å². The Labute approximate surface area is 104 Å². The highest BCUT2D eigenvalue weighted by Gasteiger charge is 2.24. The molecule has 1 aliphatic rings. The second-order valence-electron chi connectivity index (χ2n) is 5.39. The second kappa shape index (κ2) is 4.52. The monoisotopic (exact) mass is 231 g/mol. The van der Waals surface area contributed by atoms with Gasteiger partial charge in [-0.25, -0.2) is 0 Å². The third-order valence-corrected chi connectivity index (χ3v) is 3.50. The number of nitrogens with zero attached hydrogens (tertiary/aromatic N) is 1. The minimum Gasteiger partial charge on any atom is -0.368 e. The number of carbonyl (C=O) groups excluding carboxylic acids is 1. The molecule has 0 spiro atoms. The first-order chi connectivity index (χ1) is 8.00. The third kappa shape index (κ3) is 2.21. The molecule has 0 unspecified atom stereocenters. The van der Waals surface area contributed by atoms with E-state index in [9.17, 15) is 4.79 Å². The van der Waals surface area contributed by atoms with E-state index in [4.69, 9.17) is 0 Å². The second-order valence-corrected chi connectivity index (χ2v) is 5.39. The summed E-state index contributed by atoms with van der Waals surface area (Å²) in [5, 5.41) is 0. The molecular weight excluding hydrogens is 210 g/mol. The van der Waals surface area contributed by atoms with E-state index < -0.39 is 0 Å². The Bertz CT molecular complexity index is 435.